The Morgan fingerprint density at radius 3 is 2.38 bits per heavy atom. The molecule has 1 unspecified atom stereocenters. The molecule has 0 aliphatic carbocycles. The Morgan fingerprint density at radius 2 is 2.00 bits per heavy atom. The molecule has 0 aromatic heterocycles. The minimum absolute atomic E-state index is 0.230. The van der Waals surface area contributed by atoms with E-state index in [1.807, 2.05) is 0 Å². The van der Waals surface area contributed by atoms with Crippen LogP contribution in [0.15, 0.2) is 0 Å². The molecule has 3 heteroatoms. The van der Waals surface area contributed by atoms with E-state index in [1.54, 1.807) is 0 Å². The van der Waals surface area contributed by atoms with Gasteiger partial charge in [-0.1, -0.05) is 20.8 Å². The SMILES string of the molecule is CCCN(CC)CC(CO)NCC. The molecule has 0 aliphatic heterocycles. The monoisotopic (exact) mass is 188 g/mol. The number of hydrogen-bond acceptors (Lipinski definition) is 3. The van der Waals surface area contributed by atoms with E-state index in [0.29, 0.717) is 0 Å². The molecule has 0 amide bonds. The second-order valence-corrected chi connectivity index (χ2v) is 3.33. The summed E-state index contributed by atoms with van der Waals surface area (Å²) in [6, 6.07) is 0.233. The molecule has 80 valence electrons. The molecule has 0 aliphatic rings. The summed E-state index contributed by atoms with van der Waals surface area (Å²) in [5.41, 5.74) is 0. The summed E-state index contributed by atoms with van der Waals surface area (Å²) in [5.74, 6) is 0. The van der Waals surface area contributed by atoms with E-state index in [0.717, 1.165) is 26.2 Å². The summed E-state index contributed by atoms with van der Waals surface area (Å²) >= 11 is 0. The van der Waals surface area contributed by atoms with Crippen LogP contribution in [0, 0.1) is 0 Å². The lowest BCUT2D eigenvalue weighted by molar-refractivity contribution is 0.186. The fraction of sp³-hybridized carbons (Fsp3) is 1.00. The molecule has 3 nitrogen and oxygen atoms in total. The number of hydrogen-bond donors (Lipinski definition) is 2. The fourth-order valence-electron chi connectivity index (χ4n) is 1.48. The van der Waals surface area contributed by atoms with Crippen molar-refractivity contribution in [3.05, 3.63) is 0 Å². The molecule has 0 saturated heterocycles. The zero-order valence-electron chi connectivity index (χ0n) is 9.21. The molecule has 0 radical (unpaired) electrons. The number of likely N-dealkylation sites (N-methyl/N-ethyl adjacent to an activating group) is 2. The van der Waals surface area contributed by atoms with E-state index < -0.39 is 0 Å². The third kappa shape index (κ3) is 6.02. The molecule has 0 spiro atoms. The van der Waals surface area contributed by atoms with Crippen LogP contribution in [0.1, 0.15) is 27.2 Å². The Kier molecular flexibility index (Phi) is 8.40. The molecule has 13 heavy (non-hydrogen) atoms. The van der Waals surface area contributed by atoms with E-state index in [2.05, 4.69) is 31.0 Å². The first-order valence-electron chi connectivity index (χ1n) is 5.34. The maximum absolute atomic E-state index is 9.08. The lowest BCUT2D eigenvalue weighted by Gasteiger charge is -2.25. The van der Waals surface area contributed by atoms with Gasteiger partial charge in [-0.2, -0.15) is 0 Å². The molecule has 0 bridgehead atoms. The average Bonchev–Trinajstić information content (AvgIpc) is 2.16. The topological polar surface area (TPSA) is 35.5 Å². The normalized spacial score (nSPS) is 13.6. The average molecular weight is 188 g/mol. The minimum Gasteiger partial charge on any atom is -0.395 e. The third-order valence-electron chi connectivity index (χ3n) is 2.18. The van der Waals surface area contributed by atoms with Gasteiger partial charge in [0.1, 0.15) is 0 Å². The van der Waals surface area contributed by atoms with Crippen LogP contribution in [0.3, 0.4) is 0 Å². The van der Waals surface area contributed by atoms with Crippen molar-refractivity contribution < 1.29 is 5.11 Å². The number of rotatable bonds is 8. The summed E-state index contributed by atoms with van der Waals surface area (Å²) in [6.07, 6.45) is 1.18. The van der Waals surface area contributed by atoms with E-state index in [-0.39, 0.29) is 12.6 Å². The molecule has 0 fully saturated rings. The van der Waals surface area contributed by atoms with Crippen LogP contribution in [-0.4, -0.2) is 48.8 Å². The summed E-state index contributed by atoms with van der Waals surface area (Å²) in [7, 11) is 0. The van der Waals surface area contributed by atoms with E-state index in [9.17, 15) is 0 Å². The van der Waals surface area contributed by atoms with Crippen LogP contribution in [0.25, 0.3) is 0 Å². The quantitative estimate of drug-likeness (QED) is 0.588. The Hall–Kier alpha value is -0.120. The standard InChI is InChI=1S/C10H24N2O/c1-4-7-12(6-3)8-10(9-13)11-5-2/h10-11,13H,4-9H2,1-3H3. The maximum atomic E-state index is 9.08. The summed E-state index contributed by atoms with van der Waals surface area (Å²) in [5, 5.41) is 12.3. The molecule has 0 aromatic carbocycles. The van der Waals surface area contributed by atoms with Gasteiger partial charge in [0.05, 0.1) is 6.61 Å². The molecule has 0 aromatic rings. The zero-order chi connectivity index (χ0) is 10.1. The van der Waals surface area contributed by atoms with Gasteiger partial charge in [0.2, 0.25) is 0 Å². The van der Waals surface area contributed by atoms with Gasteiger partial charge in [-0.25, -0.2) is 0 Å². The number of aliphatic hydroxyl groups excluding tert-OH is 1. The highest BCUT2D eigenvalue weighted by Crippen LogP contribution is 1.94. The number of nitrogens with one attached hydrogen (secondary N) is 1. The lowest BCUT2D eigenvalue weighted by Crippen LogP contribution is -2.43. The number of aliphatic hydroxyl groups is 1. The van der Waals surface area contributed by atoms with Crippen molar-refractivity contribution in [3.63, 3.8) is 0 Å². The highest BCUT2D eigenvalue weighted by atomic mass is 16.3. The van der Waals surface area contributed by atoms with Crippen molar-refractivity contribution in [2.45, 2.75) is 33.2 Å². The van der Waals surface area contributed by atoms with Crippen LogP contribution < -0.4 is 5.32 Å². The number of nitrogens with zero attached hydrogens (tertiary/aromatic N) is 1. The van der Waals surface area contributed by atoms with Crippen molar-refractivity contribution >= 4 is 0 Å². The first kappa shape index (κ1) is 12.9. The predicted molar refractivity (Wildman–Crippen MR) is 57.0 cm³/mol. The molecule has 0 rings (SSSR count). The van der Waals surface area contributed by atoms with Crippen molar-refractivity contribution in [1.82, 2.24) is 10.2 Å². The van der Waals surface area contributed by atoms with Crippen molar-refractivity contribution in [2.24, 2.45) is 0 Å². The highest BCUT2D eigenvalue weighted by molar-refractivity contribution is 4.69. The largest absolute Gasteiger partial charge is 0.395 e. The van der Waals surface area contributed by atoms with Crippen LogP contribution in [0.2, 0.25) is 0 Å². The van der Waals surface area contributed by atoms with Gasteiger partial charge in [-0.15, -0.1) is 0 Å². The van der Waals surface area contributed by atoms with Gasteiger partial charge < -0.3 is 15.3 Å². The molecular weight excluding hydrogens is 164 g/mol. The van der Waals surface area contributed by atoms with Crippen LogP contribution in [0.5, 0.6) is 0 Å². The molecule has 0 heterocycles. The highest BCUT2D eigenvalue weighted by Gasteiger charge is 2.09. The minimum atomic E-state index is 0.230. The van der Waals surface area contributed by atoms with Crippen molar-refractivity contribution in [3.8, 4) is 0 Å². The van der Waals surface area contributed by atoms with Gasteiger partial charge in [-0.3, -0.25) is 0 Å². The Balaban J connectivity index is 3.73. The van der Waals surface area contributed by atoms with Crippen molar-refractivity contribution in [2.75, 3.05) is 32.8 Å². The Bertz CT molecular complexity index is 97.1. The smallest absolute Gasteiger partial charge is 0.0597 e. The van der Waals surface area contributed by atoms with Gasteiger partial charge >= 0.3 is 0 Å². The fourth-order valence-corrected chi connectivity index (χ4v) is 1.48. The summed E-state index contributed by atoms with van der Waals surface area (Å²) in [6.45, 7) is 10.7. The Morgan fingerprint density at radius 1 is 1.31 bits per heavy atom. The van der Waals surface area contributed by atoms with Crippen molar-refractivity contribution in [1.29, 1.82) is 0 Å². The van der Waals surface area contributed by atoms with Crippen LogP contribution >= 0.6 is 0 Å². The first-order chi connectivity index (χ1) is 6.28. The first-order valence-corrected chi connectivity index (χ1v) is 5.34. The second kappa shape index (κ2) is 8.48. The van der Waals surface area contributed by atoms with Gasteiger partial charge in [0, 0.05) is 12.6 Å². The predicted octanol–water partition coefficient (Wildman–Crippen LogP) is 0.689. The maximum Gasteiger partial charge on any atom is 0.0597 e. The zero-order valence-corrected chi connectivity index (χ0v) is 9.21. The summed E-state index contributed by atoms with van der Waals surface area (Å²) in [4.78, 5) is 2.36. The van der Waals surface area contributed by atoms with Gasteiger partial charge in [-0.05, 0) is 26.1 Å². The summed E-state index contributed by atoms with van der Waals surface area (Å²) < 4.78 is 0. The van der Waals surface area contributed by atoms with E-state index >= 15 is 0 Å². The third-order valence-corrected chi connectivity index (χ3v) is 2.18. The van der Waals surface area contributed by atoms with Gasteiger partial charge in [0.15, 0.2) is 0 Å². The molecule has 0 saturated carbocycles. The lowest BCUT2D eigenvalue weighted by atomic mass is 10.2. The van der Waals surface area contributed by atoms with E-state index in [1.165, 1.54) is 6.42 Å². The van der Waals surface area contributed by atoms with Crippen LogP contribution in [0.4, 0.5) is 0 Å². The van der Waals surface area contributed by atoms with Crippen LogP contribution in [-0.2, 0) is 0 Å². The van der Waals surface area contributed by atoms with E-state index in [4.69, 9.17) is 5.11 Å². The second-order valence-electron chi connectivity index (χ2n) is 3.33. The molecule has 2 N–H and O–H groups in total. The molecular formula is C10H24N2O. The Labute approximate surface area is 82.1 Å². The van der Waals surface area contributed by atoms with Gasteiger partial charge in [0.25, 0.3) is 0 Å². The molecule has 1 atom stereocenters.